The van der Waals surface area contributed by atoms with Crippen LogP contribution in [0.2, 0.25) is 0 Å². The first kappa shape index (κ1) is 15.1. The van der Waals surface area contributed by atoms with Gasteiger partial charge < -0.3 is 5.32 Å². The number of thioether (sulfide) groups is 1. The molecule has 2 rings (SSSR count). The lowest BCUT2D eigenvalue weighted by Crippen LogP contribution is -2.23. The van der Waals surface area contributed by atoms with E-state index in [0.717, 1.165) is 24.3 Å². The zero-order valence-corrected chi connectivity index (χ0v) is 12.5. The molecule has 0 bridgehead atoms. The Balaban J connectivity index is 2.13. The normalized spacial score (nSPS) is 12.3. The molecule has 0 heterocycles. The SMILES string of the molecule is CSCCCNC(c1ccccc1)c1ccc(F)cc1. The van der Waals surface area contributed by atoms with E-state index in [1.165, 1.54) is 17.7 Å². The van der Waals surface area contributed by atoms with Crippen LogP contribution in [0.3, 0.4) is 0 Å². The summed E-state index contributed by atoms with van der Waals surface area (Å²) in [4.78, 5) is 0. The highest BCUT2D eigenvalue weighted by Gasteiger charge is 2.12. The molecular formula is C17H20FNS. The van der Waals surface area contributed by atoms with Gasteiger partial charge in [0.25, 0.3) is 0 Å². The Kier molecular flexibility index (Phi) is 6.09. The molecule has 2 aromatic rings. The van der Waals surface area contributed by atoms with E-state index in [1.54, 1.807) is 0 Å². The van der Waals surface area contributed by atoms with Crippen molar-refractivity contribution in [2.75, 3.05) is 18.6 Å². The van der Waals surface area contributed by atoms with Gasteiger partial charge in [-0.3, -0.25) is 0 Å². The monoisotopic (exact) mass is 289 g/mol. The molecule has 0 aliphatic heterocycles. The van der Waals surface area contributed by atoms with Gasteiger partial charge in [-0.1, -0.05) is 42.5 Å². The van der Waals surface area contributed by atoms with Gasteiger partial charge in [0.15, 0.2) is 0 Å². The van der Waals surface area contributed by atoms with Crippen molar-refractivity contribution < 1.29 is 4.39 Å². The summed E-state index contributed by atoms with van der Waals surface area (Å²) in [6.45, 7) is 0.956. The zero-order chi connectivity index (χ0) is 14.2. The van der Waals surface area contributed by atoms with E-state index in [2.05, 4.69) is 23.7 Å². The van der Waals surface area contributed by atoms with Crippen LogP contribution in [-0.4, -0.2) is 18.6 Å². The van der Waals surface area contributed by atoms with Crippen LogP contribution in [0, 0.1) is 5.82 Å². The van der Waals surface area contributed by atoms with Gasteiger partial charge in [0.05, 0.1) is 6.04 Å². The van der Waals surface area contributed by atoms with Crippen LogP contribution in [-0.2, 0) is 0 Å². The first-order valence-electron chi connectivity index (χ1n) is 6.84. The molecule has 0 fully saturated rings. The summed E-state index contributed by atoms with van der Waals surface area (Å²) in [6, 6.07) is 17.2. The second-order valence-electron chi connectivity index (χ2n) is 4.70. The molecule has 1 N–H and O–H groups in total. The van der Waals surface area contributed by atoms with Gasteiger partial charge >= 0.3 is 0 Å². The molecule has 1 unspecified atom stereocenters. The van der Waals surface area contributed by atoms with Crippen LogP contribution in [0.25, 0.3) is 0 Å². The van der Waals surface area contributed by atoms with Crippen molar-refractivity contribution >= 4 is 11.8 Å². The van der Waals surface area contributed by atoms with E-state index in [0.29, 0.717) is 0 Å². The molecule has 1 atom stereocenters. The van der Waals surface area contributed by atoms with E-state index >= 15 is 0 Å². The minimum Gasteiger partial charge on any atom is -0.306 e. The first-order valence-corrected chi connectivity index (χ1v) is 8.23. The summed E-state index contributed by atoms with van der Waals surface area (Å²) in [6.07, 6.45) is 3.25. The van der Waals surface area contributed by atoms with Crippen LogP contribution >= 0.6 is 11.8 Å². The molecular weight excluding hydrogens is 269 g/mol. The van der Waals surface area contributed by atoms with Crippen molar-refractivity contribution in [3.63, 3.8) is 0 Å². The first-order chi connectivity index (χ1) is 9.81. The maximum Gasteiger partial charge on any atom is 0.123 e. The van der Waals surface area contributed by atoms with Crippen molar-refractivity contribution in [2.24, 2.45) is 0 Å². The quantitative estimate of drug-likeness (QED) is 0.764. The largest absolute Gasteiger partial charge is 0.306 e. The van der Waals surface area contributed by atoms with E-state index < -0.39 is 0 Å². The lowest BCUT2D eigenvalue weighted by atomic mass is 9.98. The molecule has 0 spiro atoms. The number of benzene rings is 2. The molecule has 0 aromatic heterocycles. The minimum absolute atomic E-state index is 0.124. The van der Waals surface area contributed by atoms with Crippen LogP contribution < -0.4 is 5.32 Å². The Morgan fingerprint density at radius 3 is 2.30 bits per heavy atom. The lowest BCUT2D eigenvalue weighted by Gasteiger charge is -2.20. The average molecular weight is 289 g/mol. The van der Waals surface area contributed by atoms with Gasteiger partial charge in [0.1, 0.15) is 5.82 Å². The highest BCUT2D eigenvalue weighted by atomic mass is 32.2. The number of halogens is 1. The summed E-state index contributed by atoms with van der Waals surface area (Å²) >= 11 is 1.86. The average Bonchev–Trinajstić information content (AvgIpc) is 2.50. The minimum atomic E-state index is -0.192. The third-order valence-corrected chi connectivity index (χ3v) is 3.91. The Labute approximate surface area is 124 Å². The fraction of sp³-hybridized carbons (Fsp3) is 0.294. The maximum atomic E-state index is 13.1. The molecule has 0 radical (unpaired) electrons. The lowest BCUT2D eigenvalue weighted by molar-refractivity contribution is 0.595. The van der Waals surface area contributed by atoms with Crippen molar-refractivity contribution in [2.45, 2.75) is 12.5 Å². The predicted octanol–water partition coefficient (Wildman–Crippen LogP) is 4.26. The van der Waals surface area contributed by atoms with Gasteiger partial charge in [0.2, 0.25) is 0 Å². The van der Waals surface area contributed by atoms with Gasteiger partial charge in [-0.2, -0.15) is 11.8 Å². The molecule has 0 aliphatic rings. The van der Waals surface area contributed by atoms with Crippen LogP contribution in [0.5, 0.6) is 0 Å². The van der Waals surface area contributed by atoms with Crippen molar-refractivity contribution in [1.29, 1.82) is 0 Å². The summed E-state index contributed by atoms with van der Waals surface area (Å²) in [5, 5.41) is 3.57. The van der Waals surface area contributed by atoms with Crippen molar-refractivity contribution in [3.05, 3.63) is 71.5 Å². The van der Waals surface area contributed by atoms with Gasteiger partial charge in [-0.05, 0) is 48.2 Å². The second-order valence-corrected chi connectivity index (χ2v) is 5.68. The number of hydrogen-bond acceptors (Lipinski definition) is 2. The molecule has 1 nitrogen and oxygen atoms in total. The standard InChI is InChI=1S/C17H20FNS/c1-20-13-5-12-19-17(14-6-3-2-4-7-14)15-8-10-16(18)11-9-15/h2-4,6-11,17,19H,5,12-13H2,1H3. The summed E-state index contributed by atoms with van der Waals surface area (Å²) in [7, 11) is 0. The van der Waals surface area contributed by atoms with E-state index in [9.17, 15) is 4.39 Å². The zero-order valence-electron chi connectivity index (χ0n) is 11.7. The van der Waals surface area contributed by atoms with Crippen molar-refractivity contribution in [1.82, 2.24) is 5.32 Å². The fourth-order valence-electron chi connectivity index (χ4n) is 2.19. The summed E-state index contributed by atoms with van der Waals surface area (Å²) in [5.74, 6) is 0.959. The van der Waals surface area contributed by atoms with Crippen LogP contribution in [0.4, 0.5) is 4.39 Å². The van der Waals surface area contributed by atoms with Crippen LogP contribution in [0.15, 0.2) is 54.6 Å². The highest BCUT2D eigenvalue weighted by molar-refractivity contribution is 7.98. The second kappa shape index (κ2) is 8.08. The molecule has 20 heavy (non-hydrogen) atoms. The van der Waals surface area contributed by atoms with E-state index in [4.69, 9.17) is 0 Å². The molecule has 0 saturated carbocycles. The molecule has 2 aromatic carbocycles. The molecule has 0 aliphatic carbocycles. The molecule has 106 valence electrons. The van der Waals surface area contributed by atoms with Gasteiger partial charge in [0, 0.05) is 0 Å². The Morgan fingerprint density at radius 1 is 1.00 bits per heavy atom. The Hall–Kier alpha value is -1.32. The number of rotatable bonds is 7. The topological polar surface area (TPSA) is 12.0 Å². The third-order valence-electron chi connectivity index (χ3n) is 3.21. The number of nitrogens with one attached hydrogen (secondary N) is 1. The maximum absolute atomic E-state index is 13.1. The van der Waals surface area contributed by atoms with E-state index in [-0.39, 0.29) is 11.9 Å². The van der Waals surface area contributed by atoms with Gasteiger partial charge in [-0.15, -0.1) is 0 Å². The fourth-order valence-corrected chi connectivity index (χ4v) is 2.62. The smallest absolute Gasteiger partial charge is 0.123 e. The molecule has 0 saturated heterocycles. The van der Waals surface area contributed by atoms with Crippen molar-refractivity contribution in [3.8, 4) is 0 Å². The number of hydrogen-bond donors (Lipinski definition) is 1. The predicted molar refractivity (Wildman–Crippen MR) is 85.7 cm³/mol. The highest BCUT2D eigenvalue weighted by Crippen LogP contribution is 2.22. The van der Waals surface area contributed by atoms with Gasteiger partial charge in [-0.25, -0.2) is 4.39 Å². The Morgan fingerprint density at radius 2 is 1.65 bits per heavy atom. The Bertz CT molecular complexity index is 498. The third kappa shape index (κ3) is 4.36. The summed E-state index contributed by atoms with van der Waals surface area (Å²) in [5.41, 5.74) is 2.31. The molecule has 0 amide bonds. The summed E-state index contributed by atoms with van der Waals surface area (Å²) < 4.78 is 13.1. The molecule has 3 heteroatoms. The van der Waals surface area contributed by atoms with E-state index in [1.807, 2.05) is 42.1 Å². The van der Waals surface area contributed by atoms with Crippen LogP contribution in [0.1, 0.15) is 23.6 Å².